The molecule has 3 amide bonds. The van der Waals surface area contributed by atoms with Crippen LogP contribution in [0.1, 0.15) is 13.3 Å². The summed E-state index contributed by atoms with van der Waals surface area (Å²) < 4.78 is 0. The summed E-state index contributed by atoms with van der Waals surface area (Å²) in [4.78, 5) is 26.9. The maximum atomic E-state index is 11.6. The maximum absolute atomic E-state index is 11.6. The zero-order chi connectivity index (χ0) is 13.4. The number of hydrogen-bond acceptors (Lipinski definition) is 4. The summed E-state index contributed by atoms with van der Waals surface area (Å²) in [6, 6.07) is 0.361. The Hall–Kier alpha value is -1.14. The smallest absolute Gasteiger partial charge is 0.324 e. The molecule has 3 unspecified atom stereocenters. The normalized spacial score (nSPS) is 35.0. The zero-order valence-electron chi connectivity index (χ0n) is 11.4. The van der Waals surface area contributed by atoms with Crippen molar-refractivity contribution in [3.05, 3.63) is 0 Å². The van der Waals surface area contributed by atoms with Crippen molar-refractivity contribution >= 4 is 11.9 Å². The second kappa shape index (κ2) is 5.09. The van der Waals surface area contributed by atoms with Gasteiger partial charge in [-0.1, -0.05) is 6.92 Å². The fraction of sp³-hybridized carbons (Fsp3) is 0.846. The SMILES string of the molecule is CCC1C2CNCC2CN1CCN1C(=O)CNC1=O. The molecule has 0 radical (unpaired) electrons. The van der Waals surface area contributed by atoms with E-state index in [0.29, 0.717) is 12.6 Å². The number of amides is 3. The minimum atomic E-state index is -0.237. The van der Waals surface area contributed by atoms with Crippen LogP contribution in [0.3, 0.4) is 0 Å². The van der Waals surface area contributed by atoms with Crippen LogP contribution in [0.25, 0.3) is 0 Å². The molecule has 106 valence electrons. The third-order valence-electron chi connectivity index (χ3n) is 4.79. The molecule has 0 bridgehead atoms. The van der Waals surface area contributed by atoms with Crippen molar-refractivity contribution in [2.45, 2.75) is 19.4 Å². The van der Waals surface area contributed by atoms with Crippen LogP contribution in [0.15, 0.2) is 0 Å². The fourth-order valence-corrected chi connectivity index (χ4v) is 3.84. The lowest BCUT2D eigenvalue weighted by Crippen LogP contribution is -2.42. The Balaban J connectivity index is 1.58. The van der Waals surface area contributed by atoms with E-state index in [1.165, 1.54) is 4.90 Å². The second-order valence-electron chi connectivity index (χ2n) is 5.76. The molecule has 3 saturated heterocycles. The van der Waals surface area contributed by atoms with E-state index in [9.17, 15) is 9.59 Å². The van der Waals surface area contributed by atoms with Gasteiger partial charge in [0, 0.05) is 25.7 Å². The third-order valence-corrected chi connectivity index (χ3v) is 4.79. The number of fused-ring (bicyclic) bond motifs is 1. The van der Waals surface area contributed by atoms with Crippen LogP contribution in [-0.2, 0) is 4.79 Å². The number of nitrogens with zero attached hydrogens (tertiary/aromatic N) is 2. The third kappa shape index (κ3) is 2.23. The molecule has 3 aliphatic heterocycles. The second-order valence-corrected chi connectivity index (χ2v) is 5.76. The van der Waals surface area contributed by atoms with Crippen molar-refractivity contribution in [3.63, 3.8) is 0 Å². The van der Waals surface area contributed by atoms with Gasteiger partial charge in [-0.25, -0.2) is 4.79 Å². The molecule has 0 saturated carbocycles. The number of hydrogen-bond donors (Lipinski definition) is 2. The molecule has 0 aromatic carbocycles. The van der Waals surface area contributed by atoms with Crippen molar-refractivity contribution < 1.29 is 9.59 Å². The van der Waals surface area contributed by atoms with Crippen LogP contribution in [0.2, 0.25) is 0 Å². The number of imide groups is 1. The lowest BCUT2D eigenvalue weighted by atomic mass is 9.93. The topological polar surface area (TPSA) is 64.7 Å². The van der Waals surface area contributed by atoms with Crippen molar-refractivity contribution in [1.82, 2.24) is 20.4 Å². The Morgan fingerprint density at radius 3 is 2.79 bits per heavy atom. The molecule has 19 heavy (non-hydrogen) atoms. The summed E-state index contributed by atoms with van der Waals surface area (Å²) in [5.74, 6) is 1.39. The minimum Gasteiger partial charge on any atom is -0.329 e. The van der Waals surface area contributed by atoms with E-state index in [-0.39, 0.29) is 18.5 Å². The molecule has 0 aliphatic carbocycles. The summed E-state index contributed by atoms with van der Waals surface area (Å²) in [7, 11) is 0. The molecule has 3 atom stereocenters. The van der Waals surface area contributed by atoms with E-state index in [4.69, 9.17) is 0 Å². The fourth-order valence-electron chi connectivity index (χ4n) is 3.84. The van der Waals surface area contributed by atoms with E-state index >= 15 is 0 Å². The highest BCUT2D eigenvalue weighted by Gasteiger charge is 2.43. The van der Waals surface area contributed by atoms with Gasteiger partial charge < -0.3 is 10.6 Å². The Morgan fingerprint density at radius 1 is 1.26 bits per heavy atom. The molecule has 3 heterocycles. The number of rotatable bonds is 4. The van der Waals surface area contributed by atoms with Crippen LogP contribution >= 0.6 is 0 Å². The van der Waals surface area contributed by atoms with Crippen molar-refractivity contribution in [1.29, 1.82) is 0 Å². The Kier molecular flexibility index (Phi) is 3.45. The van der Waals surface area contributed by atoms with Crippen LogP contribution in [-0.4, -0.2) is 67.0 Å². The van der Waals surface area contributed by atoms with Gasteiger partial charge in [-0.05, 0) is 31.3 Å². The van der Waals surface area contributed by atoms with E-state index in [2.05, 4.69) is 22.5 Å². The van der Waals surface area contributed by atoms with Gasteiger partial charge in [0.15, 0.2) is 0 Å². The molecule has 3 rings (SSSR count). The van der Waals surface area contributed by atoms with E-state index in [0.717, 1.165) is 44.4 Å². The van der Waals surface area contributed by atoms with Crippen LogP contribution in [0.4, 0.5) is 4.79 Å². The number of carbonyl (C=O) groups excluding carboxylic acids is 2. The first-order valence-corrected chi connectivity index (χ1v) is 7.23. The molecular formula is C13H22N4O2. The molecule has 6 nitrogen and oxygen atoms in total. The summed E-state index contributed by atoms with van der Waals surface area (Å²) >= 11 is 0. The average Bonchev–Trinajstić information content (AvgIpc) is 3.03. The van der Waals surface area contributed by atoms with Gasteiger partial charge >= 0.3 is 6.03 Å². The summed E-state index contributed by atoms with van der Waals surface area (Å²) in [6.45, 7) is 7.04. The Bertz CT molecular complexity index is 371. The van der Waals surface area contributed by atoms with Crippen LogP contribution in [0.5, 0.6) is 0 Å². The van der Waals surface area contributed by atoms with Gasteiger partial charge in [0.1, 0.15) is 0 Å². The van der Waals surface area contributed by atoms with E-state index in [1.807, 2.05) is 0 Å². The van der Waals surface area contributed by atoms with Crippen LogP contribution in [0, 0.1) is 11.8 Å². The van der Waals surface area contributed by atoms with Gasteiger partial charge in [0.05, 0.1) is 6.54 Å². The predicted octanol–water partition coefficient (Wildman–Crippen LogP) is -0.532. The highest BCUT2D eigenvalue weighted by Crippen LogP contribution is 2.33. The lowest BCUT2D eigenvalue weighted by Gasteiger charge is -2.27. The highest BCUT2D eigenvalue weighted by molar-refractivity contribution is 6.01. The highest BCUT2D eigenvalue weighted by atomic mass is 16.2. The van der Waals surface area contributed by atoms with Crippen LogP contribution < -0.4 is 10.6 Å². The van der Waals surface area contributed by atoms with Gasteiger partial charge in [0.25, 0.3) is 0 Å². The van der Waals surface area contributed by atoms with Crippen molar-refractivity contribution in [2.24, 2.45) is 11.8 Å². The van der Waals surface area contributed by atoms with Gasteiger partial charge in [-0.3, -0.25) is 14.6 Å². The molecule has 3 fully saturated rings. The quantitative estimate of drug-likeness (QED) is 0.671. The molecule has 2 N–H and O–H groups in total. The van der Waals surface area contributed by atoms with Crippen molar-refractivity contribution in [2.75, 3.05) is 39.3 Å². The first kappa shape index (κ1) is 12.9. The molecular weight excluding hydrogens is 244 g/mol. The first-order chi connectivity index (χ1) is 9.20. The number of nitrogens with one attached hydrogen (secondary N) is 2. The van der Waals surface area contributed by atoms with Gasteiger partial charge in [0.2, 0.25) is 5.91 Å². The lowest BCUT2D eigenvalue weighted by molar-refractivity contribution is -0.125. The monoisotopic (exact) mass is 266 g/mol. The number of likely N-dealkylation sites (tertiary alicyclic amines) is 1. The Morgan fingerprint density at radius 2 is 2.11 bits per heavy atom. The Labute approximate surface area is 113 Å². The first-order valence-electron chi connectivity index (χ1n) is 7.23. The molecule has 3 aliphatic rings. The van der Waals surface area contributed by atoms with Gasteiger partial charge in [-0.15, -0.1) is 0 Å². The maximum Gasteiger partial charge on any atom is 0.324 e. The molecule has 0 aromatic heterocycles. The largest absolute Gasteiger partial charge is 0.329 e. The van der Waals surface area contributed by atoms with E-state index < -0.39 is 0 Å². The number of urea groups is 1. The number of carbonyl (C=O) groups is 2. The average molecular weight is 266 g/mol. The van der Waals surface area contributed by atoms with E-state index in [1.54, 1.807) is 0 Å². The zero-order valence-corrected chi connectivity index (χ0v) is 11.4. The molecule has 6 heteroatoms. The predicted molar refractivity (Wildman–Crippen MR) is 70.6 cm³/mol. The summed E-state index contributed by atoms with van der Waals surface area (Å²) in [6.07, 6.45) is 1.14. The van der Waals surface area contributed by atoms with Gasteiger partial charge in [-0.2, -0.15) is 0 Å². The minimum absolute atomic E-state index is 0.0980. The summed E-state index contributed by atoms with van der Waals surface area (Å²) in [5.41, 5.74) is 0. The molecule has 0 spiro atoms. The summed E-state index contributed by atoms with van der Waals surface area (Å²) in [5, 5.41) is 6.03. The molecule has 0 aromatic rings. The standard InChI is InChI=1S/C13H22N4O2/c1-2-11-10-6-14-5-9(10)8-16(11)3-4-17-12(18)7-15-13(17)19/h9-11,14H,2-8H2,1H3,(H,15,19). The van der Waals surface area contributed by atoms with Crippen molar-refractivity contribution in [3.8, 4) is 0 Å².